The van der Waals surface area contributed by atoms with Crippen molar-refractivity contribution < 1.29 is 0 Å². The van der Waals surface area contributed by atoms with Gasteiger partial charge in [0.25, 0.3) is 0 Å². The molecule has 0 radical (unpaired) electrons. The monoisotopic (exact) mass is 407 g/mol. The molecule has 7 nitrogen and oxygen atoms in total. The zero-order valence-electron chi connectivity index (χ0n) is 15.3. The Morgan fingerprint density at radius 1 is 1.15 bits per heavy atom. The summed E-state index contributed by atoms with van der Waals surface area (Å²) in [6.07, 6.45) is 1.77. The molecule has 0 spiro atoms. The molecule has 0 atom stereocenters. The molecule has 3 aromatic heterocycles. The van der Waals surface area contributed by atoms with E-state index in [-0.39, 0.29) is 24.8 Å². The average molecular weight is 408 g/mol. The first-order valence-electron chi connectivity index (χ1n) is 8.47. The fraction of sp³-hybridized carbons (Fsp3) is 0.333. The third-order valence-corrected chi connectivity index (χ3v) is 4.30. The highest BCUT2D eigenvalue weighted by Crippen LogP contribution is 2.21. The van der Waals surface area contributed by atoms with E-state index in [1.54, 1.807) is 6.20 Å². The Morgan fingerprint density at radius 3 is 2.78 bits per heavy atom. The third kappa shape index (κ3) is 4.74. The first-order valence-corrected chi connectivity index (χ1v) is 8.47. The minimum absolute atomic E-state index is 0. The molecule has 0 aromatic carbocycles. The zero-order chi connectivity index (χ0) is 17.2. The molecule has 9 heteroatoms. The molecule has 1 aliphatic heterocycles. The van der Waals surface area contributed by atoms with E-state index in [1.165, 1.54) is 5.69 Å². The summed E-state index contributed by atoms with van der Waals surface area (Å²) in [6, 6.07) is 8.09. The van der Waals surface area contributed by atoms with Crippen LogP contribution in [0.4, 0.5) is 5.95 Å². The average Bonchev–Trinajstić information content (AvgIpc) is 3.03. The van der Waals surface area contributed by atoms with E-state index in [0.29, 0.717) is 12.5 Å². The van der Waals surface area contributed by atoms with Gasteiger partial charge in [0.05, 0.1) is 30.2 Å². The number of fused-ring (bicyclic) bond motifs is 1. The lowest BCUT2D eigenvalue weighted by Gasteiger charge is -2.13. The van der Waals surface area contributed by atoms with Gasteiger partial charge in [-0.2, -0.15) is 5.10 Å². The van der Waals surface area contributed by atoms with Gasteiger partial charge in [-0.15, -0.1) is 24.8 Å². The van der Waals surface area contributed by atoms with Crippen molar-refractivity contribution in [3.05, 3.63) is 53.2 Å². The molecule has 0 unspecified atom stereocenters. The van der Waals surface area contributed by atoms with Crippen molar-refractivity contribution in [3.8, 4) is 11.3 Å². The number of rotatable bonds is 4. The summed E-state index contributed by atoms with van der Waals surface area (Å²) in [5.41, 5.74) is 6.10. The van der Waals surface area contributed by atoms with Crippen LogP contribution in [0.2, 0.25) is 0 Å². The van der Waals surface area contributed by atoms with Crippen molar-refractivity contribution in [3.63, 3.8) is 0 Å². The Labute approximate surface area is 170 Å². The van der Waals surface area contributed by atoms with Crippen LogP contribution in [0.1, 0.15) is 22.8 Å². The number of aromatic nitrogens is 5. The highest BCUT2D eigenvalue weighted by Gasteiger charge is 2.12. The van der Waals surface area contributed by atoms with Crippen LogP contribution in [0.25, 0.3) is 11.3 Å². The number of pyridine rings is 1. The van der Waals surface area contributed by atoms with Gasteiger partial charge < -0.3 is 10.6 Å². The van der Waals surface area contributed by atoms with Crippen molar-refractivity contribution in [2.24, 2.45) is 0 Å². The lowest BCUT2D eigenvalue weighted by atomic mass is 10.1. The van der Waals surface area contributed by atoms with Crippen molar-refractivity contribution in [2.45, 2.75) is 33.5 Å². The smallest absolute Gasteiger partial charge is 0.223 e. The van der Waals surface area contributed by atoms with Crippen LogP contribution in [0.5, 0.6) is 0 Å². The van der Waals surface area contributed by atoms with Crippen molar-refractivity contribution in [1.82, 2.24) is 30.0 Å². The van der Waals surface area contributed by atoms with Crippen LogP contribution in [0, 0.1) is 13.8 Å². The molecule has 0 saturated heterocycles. The van der Waals surface area contributed by atoms with E-state index in [9.17, 15) is 0 Å². The van der Waals surface area contributed by atoms with Crippen LogP contribution in [-0.2, 0) is 19.6 Å². The van der Waals surface area contributed by atoms with Crippen LogP contribution in [-0.4, -0.2) is 31.3 Å². The minimum atomic E-state index is 0. The van der Waals surface area contributed by atoms with Crippen LogP contribution >= 0.6 is 24.8 Å². The van der Waals surface area contributed by atoms with Crippen LogP contribution in [0.15, 0.2) is 30.5 Å². The van der Waals surface area contributed by atoms with E-state index in [1.807, 2.05) is 26.0 Å². The normalized spacial score (nSPS) is 12.5. The first-order chi connectivity index (χ1) is 12.2. The Kier molecular flexibility index (Phi) is 7.12. The lowest BCUT2D eigenvalue weighted by Crippen LogP contribution is -2.28. The number of aryl methyl sites for hydroxylation is 2. The maximum Gasteiger partial charge on any atom is 0.223 e. The molecular formula is C18H23Cl2N7. The second-order valence-corrected chi connectivity index (χ2v) is 6.23. The lowest BCUT2D eigenvalue weighted by molar-refractivity contribution is 0.473. The SMILES string of the molecule is Cc1ccc(-c2ccnc(NCc3cc4n(n3)CCNC4)n2)c(C)n1.Cl.Cl. The number of nitrogens with one attached hydrogen (secondary N) is 2. The number of halogens is 2. The predicted octanol–water partition coefficient (Wildman–Crippen LogP) is 2.91. The molecule has 0 saturated carbocycles. The molecule has 3 aromatic rings. The quantitative estimate of drug-likeness (QED) is 0.691. The Balaban J connectivity index is 0.00000131. The van der Waals surface area contributed by atoms with Gasteiger partial charge in [-0.25, -0.2) is 9.97 Å². The molecule has 0 aliphatic carbocycles. The number of nitrogens with zero attached hydrogens (tertiary/aromatic N) is 5. The van der Waals surface area contributed by atoms with Crippen molar-refractivity contribution in [1.29, 1.82) is 0 Å². The van der Waals surface area contributed by atoms with E-state index in [0.717, 1.165) is 48.0 Å². The summed E-state index contributed by atoms with van der Waals surface area (Å²) in [5, 5.41) is 11.2. The third-order valence-electron chi connectivity index (χ3n) is 4.30. The van der Waals surface area contributed by atoms with Gasteiger partial charge in [-0.3, -0.25) is 9.67 Å². The van der Waals surface area contributed by atoms with Gasteiger partial charge >= 0.3 is 0 Å². The number of hydrogen-bond acceptors (Lipinski definition) is 6. The summed E-state index contributed by atoms with van der Waals surface area (Å²) in [7, 11) is 0. The maximum absolute atomic E-state index is 4.62. The molecule has 0 fully saturated rings. The second kappa shape index (κ2) is 9.12. The molecule has 144 valence electrons. The van der Waals surface area contributed by atoms with Gasteiger partial charge in [0.1, 0.15) is 0 Å². The standard InChI is InChI=1S/C18H21N7.2ClH/c1-12-3-4-16(13(2)22-12)17-5-6-20-18(23-17)21-10-14-9-15-11-19-7-8-25(15)24-14;;/h3-6,9,19H,7-8,10-11H2,1-2H3,(H,20,21,23);2*1H. The van der Waals surface area contributed by atoms with Gasteiger partial charge in [-0.1, -0.05) is 0 Å². The largest absolute Gasteiger partial charge is 0.348 e. The molecule has 1 aliphatic rings. The predicted molar refractivity (Wildman–Crippen MR) is 110 cm³/mol. The summed E-state index contributed by atoms with van der Waals surface area (Å²) in [5.74, 6) is 0.599. The summed E-state index contributed by atoms with van der Waals surface area (Å²) in [6.45, 7) is 7.36. The fourth-order valence-corrected chi connectivity index (χ4v) is 3.06. The zero-order valence-corrected chi connectivity index (χ0v) is 16.9. The highest BCUT2D eigenvalue weighted by molar-refractivity contribution is 5.85. The van der Waals surface area contributed by atoms with Gasteiger partial charge in [0, 0.05) is 36.2 Å². The fourth-order valence-electron chi connectivity index (χ4n) is 3.06. The molecule has 27 heavy (non-hydrogen) atoms. The van der Waals surface area contributed by atoms with E-state index in [2.05, 4.69) is 47.5 Å². The van der Waals surface area contributed by atoms with Crippen LogP contribution < -0.4 is 10.6 Å². The summed E-state index contributed by atoms with van der Waals surface area (Å²) < 4.78 is 2.06. The van der Waals surface area contributed by atoms with Crippen molar-refractivity contribution >= 4 is 30.8 Å². The van der Waals surface area contributed by atoms with E-state index in [4.69, 9.17) is 0 Å². The second-order valence-electron chi connectivity index (χ2n) is 6.23. The number of anilines is 1. The summed E-state index contributed by atoms with van der Waals surface area (Å²) >= 11 is 0. The highest BCUT2D eigenvalue weighted by atomic mass is 35.5. The van der Waals surface area contributed by atoms with Crippen LogP contribution in [0.3, 0.4) is 0 Å². The Bertz CT molecular complexity index is 887. The van der Waals surface area contributed by atoms with Gasteiger partial charge in [0.15, 0.2) is 0 Å². The topological polar surface area (TPSA) is 80.5 Å². The van der Waals surface area contributed by atoms with Crippen molar-refractivity contribution in [2.75, 3.05) is 11.9 Å². The molecule has 4 rings (SSSR count). The Hall–Kier alpha value is -2.22. The minimum Gasteiger partial charge on any atom is -0.348 e. The van der Waals surface area contributed by atoms with E-state index >= 15 is 0 Å². The Morgan fingerprint density at radius 2 is 2.00 bits per heavy atom. The summed E-state index contributed by atoms with van der Waals surface area (Å²) in [4.78, 5) is 13.5. The first kappa shape index (κ1) is 21.1. The molecule has 4 heterocycles. The molecule has 0 bridgehead atoms. The van der Waals surface area contributed by atoms with Gasteiger partial charge in [-0.05, 0) is 38.1 Å². The molecule has 0 amide bonds. The molecule has 2 N–H and O–H groups in total. The molecular weight excluding hydrogens is 385 g/mol. The van der Waals surface area contributed by atoms with E-state index < -0.39 is 0 Å². The van der Waals surface area contributed by atoms with Gasteiger partial charge in [0.2, 0.25) is 5.95 Å². The number of hydrogen-bond donors (Lipinski definition) is 2. The maximum atomic E-state index is 4.62.